The average molecular weight is 220 g/mol. The molecular formula is C13H20N2O. The minimum absolute atomic E-state index is 0.0278. The van der Waals surface area contributed by atoms with E-state index < -0.39 is 0 Å². The molecule has 1 aromatic heterocycles. The van der Waals surface area contributed by atoms with E-state index in [4.69, 9.17) is 5.11 Å². The topological polar surface area (TPSA) is 36.4 Å². The normalized spacial score (nSPS) is 20.4. The van der Waals surface area contributed by atoms with Crippen LogP contribution < -0.4 is 4.90 Å². The first kappa shape index (κ1) is 11.4. The van der Waals surface area contributed by atoms with Crippen molar-refractivity contribution >= 4 is 5.69 Å². The van der Waals surface area contributed by atoms with Crippen molar-refractivity contribution in [2.75, 3.05) is 18.0 Å². The Balaban J connectivity index is 2.02. The molecule has 88 valence electrons. The molecule has 1 aliphatic rings. The molecule has 0 radical (unpaired) electrons. The summed E-state index contributed by atoms with van der Waals surface area (Å²) in [7, 11) is 0. The molecule has 3 heteroatoms. The third-order valence-electron chi connectivity index (χ3n) is 3.31. The predicted octanol–water partition coefficient (Wildman–Crippen LogP) is 2.20. The average Bonchev–Trinajstić information content (AvgIpc) is 2.78. The summed E-state index contributed by atoms with van der Waals surface area (Å²) in [6.45, 7) is 4.57. The first-order chi connectivity index (χ1) is 7.83. The summed E-state index contributed by atoms with van der Waals surface area (Å²) in [5, 5.41) is 9.06. The van der Waals surface area contributed by atoms with E-state index in [1.807, 2.05) is 12.1 Å². The van der Waals surface area contributed by atoms with Crippen LogP contribution in [0.5, 0.6) is 0 Å². The summed E-state index contributed by atoms with van der Waals surface area (Å²) in [6, 6.07) is 4.03. The van der Waals surface area contributed by atoms with Crippen LogP contribution >= 0.6 is 0 Å². The number of nitrogens with zero attached hydrogens (tertiary/aromatic N) is 2. The second-order valence-corrected chi connectivity index (χ2v) is 4.55. The lowest BCUT2D eigenvalue weighted by Crippen LogP contribution is -2.19. The zero-order valence-corrected chi connectivity index (χ0v) is 9.89. The second-order valence-electron chi connectivity index (χ2n) is 4.55. The number of hydrogen-bond acceptors (Lipinski definition) is 3. The van der Waals surface area contributed by atoms with Crippen LogP contribution in [0.4, 0.5) is 5.69 Å². The fraction of sp³-hybridized carbons (Fsp3) is 0.615. The van der Waals surface area contributed by atoms with E-state index in [-0.39, 0.29) is 6.61 Å². The molecule has 1 N–H and O–H groups in total. The van der Waals surface area contributed by atoms with Crippen molar-refractivity contribution in [3.8, 4) is 0 Å². The molecule has 3 nitrogen and oxygen atoms in total. The number of rotatable bonds is 4. The van der Waals surface area contributed by atoms with Crippen LogP contribution in [0.3, 0.4) is 0 Å². The molecule has 0 spiro atoms. The van der Waals surface area contributed by atoms with Crippen LogP contribution in [-0.2, 0) is 6.61 Å². The Hall–Kier alpha value is -1.09. The van der Waals surface area contributed by atoms with Gasteiger partial charge in [0.15, 0.2) is 0 Å². The summed E-state index contributed by atoms with van der Waals surface area (Å²) in [5.41, 5.74) is 1.97. The lowest BCUT2D eigenvalue weighted by atomic mass is 10.0. The Morgan fingerprint density at radius 3 is 3.19 bits per heavy atom. The molecule has 0 aromatic carbocycles. The highest BCUT2D eigenvalue weighted by atomic mass is 16.3. The van der Waals surface area contributed by atoms with Crippen molar-refractivity contribution in [2.24, 2.45) is 5.92 Å². The van der Waals surface area contributed by atoms with E-state index in [1.54, 1.807) is 6.20 Å². The van der Waals surface area contributed by atoms with Crippen molar-refractivity contribution in [1.82, 2.24) is 4.98 Å². The molecule has 1 aromatic rings. The molecule has 1 aliphatic heterocycles. The third kappa shape index (κ3) is 2.53. The van der Waals surface area contributed by atoms with E-state index in [0.717, 1.165) is 24.7 Å². The van der Waals surface area contributed by atoms with Crippen LogP contribution in [0.1, 0.15) is 31.9 Å². The van der Waals surface area contributed by atoms with Gasteiger partial charge in [-0.1, -0.05) is 13.3 Å². The van der Waals surface area contributed by atoms with Gasteiger partial charge in [0.25, 0.3) is 0 Å². The second kappa shape index (κ2) is 5.30. The van der Waals surface area contributed by atoms with E-state index in [0.29, 0.717) is 0 Å². The van der Waals surface area contributed by atoms with E-state index in [2.05, 4.69) is 16.8 Å². The van der Waals surface area contributed by atoms with Gasteiger partial charge in [-0.25, -0.2) is 0 Å². The van der Waals surface area contributed by atoms with Gasteiger partial charge < -0.3 is 10.0 Å². The monoisotopic (exact) mass is 220 g/mol. The largest absolute Gasteiger partial charge is 0.390 e. The first-order valence-corrected chi connectivity index (χ1v) is 6.14. The molecule has 1 fully saturated rings. The first-order valence-electron chi connectivity index (χ1n) is 6.14. The number of hydrogen-bond donors (Lipinski definition) is 1. The molecule has 2 rings (SSSR count). The van der Waals surface area contributed by atoms with Crippen molar-refractivity contribution in [2.45, 2.75) is 32.8 Å². The minimum Gasteiger partial charge on any atom is -0.390 e. The Kier molecular flexibility index (Phi) is 3.78. The number of aromatic nitrogens is 1. The van der Waals surface area contributed by atoms with Crippen LogP contribution in [-0.4, -0.2) is 23.2 Å². The maximum atomic E-state index is 9.06. The Labute approximate surface area is 97.1 Å². The quantitative estimate of drug-likeness (QED) is 0.845. The van der Waals surface area contributed by atoms with Gasteiger partial charge in [0, 0.05) is 25.0 Å². The van der Waals surface area contributed by atoms with E-state index in [1.165, 1.54) is 24.9 Å². The molecule has 1 saturated heterocycles. The number of anilines is 1. The van der Waals surface area contributed by atoms with Crippen molar-refractivity contribution in [3.63, 3.8) is 0 Å². The highest BCUT2D eigenvalue weighted by Gasteiger charge is 2.21. The molecule has 0 bridgehead atoms. The molecule has 0 aliphatic carbocycles. The van der Waals surface area contributed by atoms with Gasteiger partial charge >= 0.3 is 0 Å². The van der Waals surface area contributed by atoms with Gasteiger partial charge in [-0.3, -0.25) is 4.98 Å². The van der Waals surface area contributed by atoms with Crippen LogP contribution in [0.25, 0.3) is 0 Å². The Bertz CT molecular complexity index is 340. The zero-order chi connectivity index (χ0) is 11.4. The highest BCUT2D eigenvalue weighted by molar-refractivity contribution is 5.47. The van der Waals surface area contributed by atoms with Crippen molar-refractivity contribution in [1.29, 1.82) is 0 Å². The lowest BCUT2D eigenvalue weighted by molar-refractivity contribution is 0.277. The van der Waals surface area contributed by atoms with E-state index in [9.17, 15) is 0 Å². The van der Waals surface area contributed by atoms with Crippen molar-refractivity contribution < 1.29 is 5.11 Å². The smallest absolute Gasteiger partial charge is 0.0853 e. The molecule has 0 saturated carbocycles. The standard InChI is InChI=1S/C13H20N2O/c1-2-3-11-5-7-15(9-11)13-4-6-14-12(8-13)10-16/h4,6,8,11,16H,2-3,5,7,9-10H2,1H3. The third-order valence-corrected chi connectivity index (χ3v) is 3.31. The molecule has 1 atom stereocenters. The van der Waals surface area contributed by atoms with Crippen LogP contribution in [0, 0.1) is 5.92 Å². The summed E-state index contributed by atoms with van der Waals surface area (Å²) in [4.78, 5) is 6.51. The Morgan fingerprint density at radius 1 is 1.56 bits per heavy atom. The summed E-state index contributed by atoms with van der Waals surface area (Å²) < 4.78 is 0. The molecule has 2 heterocycles. The maximum Gasteiger partial charge on any atom is 0.0853 e. The molecular weight excluding hydrogens is 200 g/mol. The van der Waals surface area contributed by atoms with Crippen LogP contribution in [0.15, 0.2) is 18.3 Å². The fourth-order valence-corrected chi connectivity index (χ4v) is 2.46. The zero-order valence-electron chi connectivity index (χ0n) is 9.89. The van der Waals surface area contributed by atoms with Crippen molar-refractivity contribution in [3.05, 3.63) is 24.0 Å². The van der Waals surface area contributed by atoms with Crippen LogP contribution in [0.2, 0.25) is 0 Å². The highest BCUT2D eigenvalue weighted by Crippen LogP contribution is 2.26. The number of aliphatic hydroxyl groups excluding tert-OH is 1. The number of pyridine rings is 1. The van der Waals surface area contributed by atoms with Gasteiger partial charge in [-0.2, -0.15) is 0 Å². The Morgan fingerprint density at radius 2 is 2.44 bits per heavy atom. The van der Waals surface area contributed by atoms with E-state index >= 15 is 0 Å². The summed E-state index contributed by atoms with van der Waals surface area (Å²) in [6.07, 6.45) is 5.68. The molecule has 16 heavy (non-hydrogen) atoms. The van der Waals surface area contributed by atoms with Gasteiger partial charge in [0.1, 0.15) is 0 Å². The summed E-state index contributed by atoms with van der Waals surface area (Å²) in [5.74, 6) is 0.843. The SMILES string of the molecule is CCCC1CCN(c2ccnc(CO)c2)C1. The predicted molar refractivity (Wildman–Crippen MR) is 65.4 cm³/mol. The number of aliphatic hydroxyl groups is 1. The maximum absolute atomic E-state index is 9.06. The van der Waals surface area contributed by atoms with Gasteiger partial charge in [-0.05, 0) is 30.9 Å². The molecule has 0 amide bonds. The van der Waals surface area contributed by atoms with Gasteiger partial charge in [-0.15, -0.1) is 0 Å². The lowest BCUT2D eigenvalue weighted by Gasteiger charge is -2.19. The fourth-order valence-electron chi connectivity index (χ4n) is 2.46. The summed E-state index contributed by atoms with van der Waals surface area (Å²) >= 11 is 0. The van der Waals surface area contributed by atoms with Gasteiger partial charge in [0.05, 0.1) is 12.3 Å². The molecule has 1 unspecified atom stereocenters. The minimum atomic E-state index is 0.0278. The van der Waals surface area contributed by atoms with Gasteiger partial charge in [0.2, 0.25) is 0 Å².